The number of carbonyl (C=O) groups excluding carboxylic acids is 1. The average Bonchev–Trinajstić information content (AvgIpc) is 2.40. The minimum absolute atomic E-state index is 0.246. The summed E-state index contributed by atoms with van der Waals surface area (Å²) in [6.07, 6.45) is 1.33. The molecule has 1 amide bonds. The van der Waals surface area contributed by atoms with E-state index in [9.17, 15) is 14.7 Å². The Balaban J connectivity index is 2.31. The van der Waals surface area contributed by atoms with E-state index in [-0.39, 0.29) is 5.91 Å². The molecular weight excluding hydrogens is 278 g/mol. The summed E-state index contributed by atoms with van der Waals surface area (Å²) in [5.74, 6) is -0.866. The van der Waals surface area contributed by atoms with E-state index in [4.69, 9.17) is 11.6 Å². The van der Waals surface area contributed by atoms with Crippen LogP contribution in [0.5, 0.6) is 0 Å². The number of carboxylic acids is 1. The Morgan fingerprint density at radius 1 is 1.40 bits per heavy atom. The topological polar surface area (TPSA) is 57.6 Å². The zero-order valence-corrected chi connectivity index (χ0v) is 12.4. The number of carbonyl (C=O) groups is 2. The SMILES string of the molecule is Cc1ccc(Cl)cc1C(=O)N1CCC(C)CC1C(=O)O. The van der Waals surface area contributed by atoms with Gasteiger partial charge in [-0.05, 0) is 43.4 Å². The van der Waals surface area contributed by atoms with Crippen LogP contribution in [0.3, 0.4) is 0 Å². The van der Waals surface area contributed by atoms with Crippen molar-refractivity contribution in [1.82, 2.24) is 4.90 Å². The smallest absolute Gasteiger partial charge is 0.326 e. The molecule has 1 heterocycles. The number of halogens is 1. The Bertz CT molecular complexity index is 544. The molecule has 1 fully saturated rings. The minimum atomic E-state index is -0.940. The second kappa shape index (κ2) is 5.83. The first-order valence-electron chi connectivity index (χ1n) is 6.70. The van der Waals surface area contributed by atoms with E-state index in [2.05, 4.69) is 0 Å². The van der Waals surface area contributed by atoms with Gasteiger partial charge < -0.3 is 10.0 Å². The lowest BCUT2D eigenvalue weighted by molar-refractivity contribution is -0.144. The van der Waals surface area contributed by atoms with Crippen LogP contribution in [0.2, 0.25) is 5.02 Å². The van der Waals surface area contributed by atoms with Crippen LogP contribution in [0.1, 0.15) is 35.7 Å². The molecule has 1 saturated heterocycles. The first-order chi connectivity index (χ1) is 9.40. The molecule has 0 spiro atoms. The van der Waals surface area contributed by atoms with Crippen LogP contribution in [0.25, 0.3) is 0 Å². The fourth-order valence-electron chi connectivity index (χ4n) is 2.60. The molecule has 0 aromatic heterocycles. The average molecular weight is 296 g/mol. The van der Waals surface area contributed by atoms with E-state index in [1.807, 2.05) is 13.8 Å². The van der Waals surface area contributed by atoms with Crippen LogP contribution < -0.4 is 0 Å². The maximum Gasteiger partial charge on any atom is 0.326 e. The first kappa shape index (κ1) is 14.9. The van der Waals surface area contributed by atoms with E-state index in [1.54, 1.807) is 18.2 Å². The first-order valence-corrected chi connectivity index (χ1v) is 7.08. The van der Waals surface area contributed by atoms with Crippen molar-refractivity contribution in [3.63, 3.8) is 0 Å². The maximum atomic E-state index is 12.6. The molecular formula is C15H18ClNO3. The highest BCUT2D eigenvalue weighted by Crippen LogP contribution is 2.26. The van der Waals surface area contributed by atoms with Gasteiger partial charge in [0.2, 0.25) is 0 Å². The van der Waals surface area contributed by atoms with E-state index < -0.39 is 12.0 Å². The molecule has 2 atom stereocenters. The summed E-state index contributed by atoms with van der Waals surface area (Å²) in [6, 6.07) is 4.36. The van der Waals surface area contributed by atoms with Crippen molar-refractivity contribution in [2.24, 2.45) is 5.92 Å². The Morgan fingerprint density at radius 3 is 2.75 bits per heavy atom. The highest BCUT2D eigenvalue weighted by molar-refractivity contribution is 6.31. The van der Waals surface area contributed by atoms with Gasteiger partial charge in [0.15, 0.2) is 0 Å². The van der Waals surface area contributed by atoms with Crippen LogP contribution in [0.15, 0.2) is 18.2 Å². The molecule has 0 saturated carbocycles. The molecule has 20 heavy (non-hydrogen) atoms. The molecule has 0 bridgehead atoms. The van der Waals surface area contributed by atoms with Crippen LogP contribution in [0, 0.1) is 12.8 Å². The van der Waals surface area contributed by atoms with Gasteiger partial charge in [0, 0.05) is 17.1 Å². The maximum absolute atomic E-state index is 12.6. The second-order valence-electron chi connectivity index (χ2n) is 5.44. The molecule has 1 aliphatic rings. The summed E-state index contributed by atoms with van der Waals surface area (Å²) in [7, 11) is 0. The lowest BCUT2D eigenvalue weighted by atomic mass is 9.91. The number of likely N-dealkylation sites (tertiary alicyclic amines) is 1. The Labute approximate surface area is 123 Å². The molecule has 108 valence electrons. The number of aryl methyl sites for hydroxylation is 1. The predicted octanol–water partition coefficient (Wildman–Crippen LogP) is 2.97. The number of carboxylic acid groups (broad SMARTS) is 1. The summed E-state index contributed by atoms with van der Waals surface area (Å²) >= 11 is 5.93. The predicted molar refractivity (Wildman–Crippen MR) is 77.0 cm³/mol. The second-order valence-corrected chi connectivity index (χ2v) is 5.88. The highest BCUT2D eigenvalue weighted by atomic mass is 35.5. The van der Waals surface area contributed by atoms with E-state index in [0.29, 0.717) is 29.5 Å². The third-order valence-electron chi connectivity index (χ3n) is 3.84. The van der Waals surface area contributed by atoms with Crippen molar-refractivity contribution in [2.45, 2.75) is 32.7 Å². The lowest BCUT2D eigenvalue weighted by Crippen LogP contribution is -2.49. The van der Waals surface area contributed by atoms with Gasteiger partial charge in [-0.3, -0.25) is 4.79 Å². The van der Waals surface area contributed by atoms with E-state index in [0.717, 1.165) is 12.0 Å². The Morgan fingerprint density at radius 2 is 2.10 bits per heavy atom. The number of amides is 1. The number of piperidine rings is 1. The standard InChI is InChI=1S/C15H18ClNO3/c1-9-5-6-17(13(7-9)15(19)20)14(18)12-8-11(16)4-3-10(12)2/h3-4,8-9,13H,5-7H2,1-2H3,(H,19,20). The fourth-order valence-corrected chi connectivity index (χ4v) is 2.77. The van der Waals surface area contributed by atoms with Gasteiger partial charge in [-0.25, -0.2) is 4.79 Å². The van der Waals surface area contributed by atoms with Crippen molar-refractivity contribution >= 4 is 23.5 Å². The minimum Gasteiger partial charge on any atom is -0.480 e. The van der Waals surface area contributed by atoms with Crippen LogP contribution in [0.4, 0.5) is 0 Å². The molecule has 1 N–H and O–H groups in total. The van der Waals surface area contributed by atoms with Gasteiger partial charge in [0.05, 0.1) is 0 Å². The summed E-state index contributed by atoms with van der Waals surface area (Å²) in [6.45, 7) is 4.32. The van der Waals surface area contributed by atoms with Crippen LogP contribution in [-0.4, -0.2) is 34.5 Å². The molecule has 0 radical (unpaired) electrons. The van der Waals surface area contributed by atoms with Crippen molar-refractivity contribution < 1.29 is 14.7 Å². The van der Waals surface area contributed by atoms with Crippen molar-refractivity contribution in [3.8, 4) is 0 Å². The third kappa shape index (κ3) is 2.96. The molecule has 1 aromatic carbocycles. The van der Waals surface area contributed by atoms with Gasteiger partial charge in [0.25, 0.3) is 5.91 Å². The number of rotatable bonds is 2. The molecule has 5 heteroatoms. The Kier molecular flexibility index (Phi) is 4.33. The number of aliphatic carboxylic acids is 1. The number of benzene rings is 1. The number of hydrogen-bond acceptors (Lipinski definition) is 2. The fraction of sp³-hybridized carbons (Fsp3) is 0.467. The summed E-state index contributed by atoms with van der Waals surface area (Å²) in [4.78, 5) is 25.4. The van der Waals surface area contributed by atoms with Gasteiger partial charge >= 0.3 is 5.97 Å². The summed E-state index contributed by atoms with van der Waals surface area (Å²) < 4.78 is 0. The van der Waals surface area contributed by atoms with Crippen molar-refractivity contribution in [1.29, 1.82) is 0 Å². The van der Waals surface area contributed by atoms with Gasteiger partial charge in [-0.1, -0.05) is 24.6 Å². The molecule has 2 rings (SSSR count). The normalized spacial score (nSPS) is 22.6. The molecule has 0 aliphatic carbocycles. The largest absolute Gasteiger partial charge is 0.480 e. The third-order valence-corrected chi connectivity index (χ3v) is 4.08. The summed E-state index contributed by atoms with van der Waals surface area (Å²) in [5.41, 5.74) is 1.29. The molecule has 4 nitrogen and oxygen atoms in total. The van der Waals surface area contributed by atoms with Crippen molar-refractivity contribution in [2.75, 3.05) is 6.54 Å². The van der Waals surface area contributed by atoms with Crippen LogP contribution >= 0.6 is 11.6 Å². The van der Waals surface area contributed by atoms with E-state index in [1.165, 1.54) is 4.90 Å². The van der Waals surface area contributed by atoms with Crippen LogP contribution in [-0.2, 0) is 4.79 Å². The molecule has 2 unspecified atom stereocenters. The summed E-state index contributed by atoms with van der Waals surface area (Å²) in [5, 5.41) is 9.81. The number of nitrogens with zero attached hydrogens (tertiary/aromatic N) is 1. The zero-order valence-electron chi connectivity index (χ0n) is 11.6. The quantitative estimate of drug-likeness (QED) is 0.912. The molecule has 1 aliphatic heterocycles. The van der Waals surface area contributed by atoms with Crippen molar-refractivity contribution in [3.05, 3.63) is 34.3 Å². The monoisotopic (exact) mass is 295 g/mol. The van der Waals surface area contributed by atoms with Gasteiger partial charge in [-0.2, -0.15) is 0 Å². The lowest BCUT2D eigenvalue weighted by Gasteiger charge is -2.36. The molecule has 1 aromatic rings. The van der Waals surface area contributed by atoms with Gasteiger partial charge in [0.1, 0.15) is 6.04 Å². The highest BCUT2D eigenvalue weighted by Gasteiger charge is 2.35. The zero-order chi connectivity index (χ0) is 14.9. The Hall–Kier alpha value is -1.55. The number of hydrogen-bond donors (Lipinski definition) is 1. The van der Waals surface area contributed by atoms with Gasteiger partial charge in [-0.15, -0.1) is 0 Å². The van der Waals surface area contributed by atoms with E-state index >= 15 is 0 Å².